The molecule has 1 saturated carbocycles. The number of rotatable bonds is 6. The van der Waals surface area contributed by atoms with Gasteiger partial charge >= 0.3 is 5.97 Å². The topological polar surface area (TPSA) is 95.1 Å². The number of aromatic nitrogens is 2. The van der Waals surface area contributed by atoms with Crippen molar-refractivity contribution in [2.75, 3.05) is 0 Å². The second-order valence-corrected chi connectivity index (χ2v) is 5.57. The number of imidazole rings is 1. The van der Waals surface area contributed by atoms with E-state index in [2.05, 4.69) is 22.2 Å². The maximum absolute atomic E-state index is 12.2. The zero-order valence-electron chi connectivity index (χ0n) is 11.9. The van der Waals surface area contributed by atoms with Crippen molar-refractivity contribution in [3.05, 3.63) is 17.7 Å². The second kappa shape index (κ2) is 5.64. The third-order valence-corrected chi connectivity index (χ3v) is 4.00. The van der Waals surface area contributed by atoms with Crippen molar-refractivity contribution in [3.63, 3.8) is 0 Å². The van der Waals surface area contributed by atoms with Crippen LogP contribution in [-0.4, -0.2) is 27.0 Å². The van der Waals surface area contributed by atoms with Gasteiger partial charge in [0, 0.05) is 5.92 Å². The molecule has 1 aliphatic carbocycles. The highest BCUT2D eigenvalue weighted by molar-refractivity contribution is 5.85. The third-order valence-electron chi connectivity index (χ3n) is 4.00. The summed E-state index contributed by atoms with van der Waals surface area (Å²) in [5, 5.41) is 12.0. The number of nitrogens with one attached hydrogen (secondary N) is 2. The predicted molar refractivity (Wildman–Crippen MR) is 73.3 cm³/mol. The molecule has 1 heterocycles. The van der Waals surface area contributed by atoms with Crippen molar-refractivity contribution in [1.82, 2.24) is 15.3 Å². The average Bonchev–Trinajstić information content (AvgIpc) is 2.83. The van der Waals surface area contributed by atoms with E-state index in [0.717, 1.165) is 32.1 Å². The Kier molecular flexibility index (Phi) is 4.11. The fourth-order valence-corrected chi connectivity index (χ4v) is 2.55. The van der Waals surface area contributed by atoms with Crippen molar-refractivity contribution in [2.45, 2.75) is 51.5 Å². The molecular weight excluding hydrogens is 258 g/mol. The van der Waals surface area contributed by atoms with Crippen LogP contribution in [0.15, 0.2) is 6.20 Å². The van der Waals surface area contributed by atoms with Crippen LogP contribution in [0.1, 0.15) is 62.3 Å². The Hall–Kier alpha value is -1.85. The van der Waals surface area contributed by atoms with Crippen molar-refractivity contribution < 1.29 is 14.7 Å². The first kappa shape index (κ1) is 14.6. The lowest BCUT2D eigenvalue weighted by Gasteiger charge is -2.41. The zero-order chi connectivity index (χ0) is 14.8. The summed E-state index contributed by atoms with van der Waals surface area (Å²) < 4.78 is 0. The normalized spacial score (nSPS) is 18.1. The van der Waals surface area contributed by atoms with E-state index in [1.807, 2.05) is 6.92 Å². The summed E-state index contributed by atoms with van der Waals surface area (Å²) in [7, 11) is 0. The van der Waals surface area contributed by atoms with Gasteiger partial charge in [-0.15, -0.1) is 0 Å². The fraction of sp³-hybridized carbons (Fsp3) is 0.643. The highest BCUT2D eigenvalue weighted by Crippen LogP contribution is 2.40. The van der Waals surface area contributed by atoms with Crippen LogP contribution in [0.5, 0.6) is 0 Å². The van der Waals surface area contributed by atoms with E-state index in [1.54, 1.807) is 0 Å². The highest BCUT2D eigenvalue weighted by atomic mass is 16.4. The molecule has 1 atom stereocenters. The second-order valence-electron chi connectivity index (χ2n) is 5.57. The number of H-pyrrole nitrogens is 1. The summed E-state index contributed by atoms with van der Waals surface area (Å²) in [6.07, 6.45) is 5.71. The molecule has 0 spiro atoms. The fourth-order valence-electron chi connectivity index (χ4n) is 2.55. The minimum absolute atomic E-state index is 0.0137. The molecule has 0 aromatic carbocycles. The Morgan fingerprint density at radius 1 is 1.55 bits per heavy atom. The van der Waals surface area contributed by atoms with Crippen molar-refractivity contribution >= 4 is 11.9 Å². The number of hydrogen-bond acceptors (Lipinski definition) is 3. The van der Waals surface area contributed by atoms with Crippen LogP contribution in [0.4, 0.5) is 0 Å². The summed E-state index contributed by atoms with van der Waals surface area (Å²) in [6.45, 7) is 3.96. The van der Waals surface area contributed by atoms with Crippen LogP contribution in [0.3, 0.4) is 0 Å². The SMILES string of the molecule is CCCC(C)C(=O)NC1(c2ncc(C(=O)O)[nH]2)CCC1. The maximum atomic E-state index is 12.2. The Morgan fingerprint density at radius 2 is 2.25 bits per heavy atom. The van der Waals surface area contributed by atoms with E-state index in [-0.39, 0.29) is 17.5 Å². The minimum atomic E-state index is -1.04. The molecule has 110 valence electrons. The molecule has 1 amide bonds. The number of carboxylic acid groups (broad SMARTS) is 1. The van der Waals surface area contributed by atoms with Crippen LogP contribution in [0.2, 0.25) is 0 Å². The summed E-state index contributed by atoms with van der Waals surface area (Å²) in [4.78, 5) is 30.0. The van der Waals surface area contributed by atoms with Gasteiger partial charge in [-0.05, 0) is 25.7 Å². The van der Waals surface area contributed by atoms with Gasteiger partial charge in [-0.3, -0.25) is 4.79 Å². The van der Waals surface area contributed by atoms with Gasteiger partial charge in [0.25, 0.3) is 0 Å². The van der Waals surface area contributed by atoms with Gasteiger partial charge in [-0.25, -0.2) is 9.78 Å². The van der Waals surface area contributed by atoms with E-state index in [9.17, 15) is 9.59 Å². The largest absolute Gasteiger partial charge is 0.477 e. The number of aromatic carboxylic acids is 1. The molecule has 20 heavy (non-hydrogen) atoms. The summed E-state index contributed by atoms with van der Waals surface area (Å²) >= 11 is 0. The summed E-state index contributed by atoms with van der Waals surface area (Å²) in [5.41, 5.74) is -0.450. The van der Waals surface area contributed by atoms with Gasteiger partial charge < -0.3 is 15.4 Å². The number of carboxylic acids is 1. The lowest BCUT2D eigenvalue weighted by Crippen LogP contribution is -2.53. The van der Waals surface area contributed by atoms with Crippen molar-refractivity contribution in [3.8, 4) is 0 Å². The van der Waals surface area contributed by atoms with Gasteiger partial charge in [0.15, 0.2) is 0 Å². The first-order valence-corrected chi connectivity index (χ1v) is 7.09. The number of hydrogen-bond donors (Lipinski definition) is 3. The van der Waals surface area contributed by atoms with Gasteiger partial charge in [0.2, 0.25) is 5.91 Å². The smallest absolute Gasteiger partial charge is 0.353 e. The predicted octanol–water partition coefficient (Wildman–Crippen LogP) is 2.04. The average molecular weight is 279 g/mol. The summed E-state index contributed by atoms with van der Waals surface area (Å²) in [5.74, 6) is -0.506. The monoisotopic (exact) mass is 279 g/mol. The van der Waals surface area contributed by atoms with Gasteiger partial charge in [-0.2, -0.15) is 0 Å². The number of carbonyl (C=O) groups excluding carboxylic acids is 1. The standard InChI is InChI=1S/C14H21N3O3/c1-3-5-9(2)11(18)17-14(6-4-7-14)13-15-8-10(16-13)12(19)20/h8-9H,3-7H2,1-2H3,(H,15,16)(H,17,18)(H,19,20). The Morgan fingerprint density at radius 3 is 2.70 bits per heavy atom. The van der Waals surface area contributed by atoms with E-state index in [1.165, 1.54) is 6.20 Å². The molecule has 1 fully saturated rings. The minimum Gasteiger partial charge on any atom is -0.477 e. The molecule has 3 N–H and O–H groups in total. The third kappa shape index (κ3) is 2.69. The first-order valence-electron chi connectivity index (χ1n) is 7.09. The number of aromatic amines is 1. The van der Waals surface area contributed by atoms with E-state index in [4.69, 9.17) is 5.11 Å². The Labute approximate surface area is 118 Å². The molecular formula is C14H21N3O3. The maximum Gasteiger partial charge on any atom is 0.353 e. The lowest BCUT2D eigenvalue weighted by atomic mass is 9.75. The van der Waals surface area contributed by atoms with Crippen LogP contribution >= 0.6 is 0 Å². The molecule has 1 unspecified atom stereocenters. The zero-order valence-corrected chi connectivity index (χ0v) is 11.9. The quantitative estimate of drug-likeness (QED) is 0.742. The molecule has 6 nitrogen and oxygen atoms in total. The molecule has 0 aliphatic heterocycles. The van der Waals surface area contributed by atoms with Crippen molar-refractivity contribution in [2.24, 2.45) is 5.92 Å². The first-order chi connectivity index (χ1) is 9.48. The molecule has 0 saturated heterocycles. The van der Waals surface area contributed by atoms with Crippen LogP contribution in [0, 0.1) is 5.92 Å². The molecule has 0 radical (unpaired) electrons. The number of amides is 1. The molecule has 6 heteroatoms. The summed E-state index contributed by atoms with van der Waals surface area (Å²) in [6, 6.07) is 0. The highest BCUT2D eigenvalue weighted by Gasteiger charge is 2.43. The lowest BCUT2D eigenvalue weighted by molar-refractivity contribution is -0.128. The van der Waals surface area contributed by atoms with Gasteiger partial charge in [0.1, 0.15) is 11.5 Å². The van der Waals surface area contributed by atoms with Crippen LogP contribution in [-0.2, 0) is 10.3 Å². The Balaban J connectivity index is 2.12. The van der Waals surface area contributed by atoms with Crippen molar-refractivity contribution in [1.29, 1.82) is 0 Å². The van der Waals surface area contributed by atoms with E-state index >= 15 is 0 Å². The number of carbonyl (C=O) groups is 2. The molecule has 2 rings (SSSR count). The van der Waals surface area contributed by atoms with Gasteiger partial charge in [0.05, 0.1) is 11.7 Å². The molecule has 1 aromatic rings. The molecule has 1 aromatic heterocycles. The van der Waals surface area contributed by atoms with Crippen LogP contribution < -0.4 is 5.32 Å². The Bertz CT molecular complexity index is 506. The molecule has 1 aliphatic rings. The van der Waals surface area contributed by atoms with Crippen LogP contribution in [0.25, 0.3) is 0 Å². The van der Waals surface area contributed by atoms with E-state index in [0.29, 0.717) is 5.82 Å². The van der Waals surface area contributed by atoms with E-state index < -0.39 is 11.5 Å². The molecule has 0 bridgehead atoms. The number of nitrogens with zero attached hydrogens (tertiary/aromatic N) is 1. The van der Waals surface area contributed by atoms with Gasteiger partial charge in [-0.1, -0.05) is 20.3 Å².